The molecule has 0 aromatic heterocycles. The van der Waals surface area contributed by atoms with Crippen LogP contribution in [0, 0.1) is 5.41 Å². The fraction of sp³-hybridized carbons (Fsp3) is 0.600. The summed E-state index contributed by atoms with van der Waals surface area (Å²) in [7, 11) is 0. The van der Waals surface area contributed by atoms with Crippen LogP contribution in [0.25, 0.3) is 0 Å². The molecular formula is C15H24N2. The molecule has 0 aliphatic carbocycles. The SMILES string of the molecule is CC(N)C(N1Cc2ccccc2C1)C(C)(C)C. The van der Waals surface area contributed by atoms with Crippen molar-refractivity contribution in [1.29, 1.82) is 0 Å². The van der Waals surface area contributed by atoms with E-state index in [0.717, 1.165) is 13.1 Å². The molecular weight excluding hydrogens is 208 g/mol. The van der Waals surface area contributed by atoms with E-state index in [1.165, 1.54) is 11.1 Å². The molecule has 1 aliphatic rings. The summed E-state index contributed by atoms with van der Waals surface area (Å²) < 4.78 is 0. The Hall–Kier alpha value is -0.860. The van der Waals surface area contributed by atoms with E-state index in [9.17, 15) is 0 Å². The summed E-state index contributed by atoms with van der Waals surface area (Å²) in [4.78, 5) is 2.52. The highest BCUT2D eigenvalue weighted by Gasteiger charge is 2.35. The molecule has 2 atom stereocenters. The monoisotopic (exact) mass is 232 g/mol. The molecule has 17 heavy (non-hydrogen) atoms. The van der Waals surface area contributed by atoms with Crippen LogP contribution in [0.4, 0.5) is 0 Å². The van der Waals surface area contributed by atoms with Crippen LogP contribution in [0.15, 0.2) is 24.3 Å². The van der Waals surface area contributed by atoms with Gasteiger partial charge in [0.2, 0.25) is 0 Å². The highest BCUT2D eigenvalue weighted by molar-refractivity contribution is 5.30. The zero-order valence-electron chi connectivity index (χ0n) is 11.4. The van der Waals surface area contributed by atoms with Gasteiger partial charge in [0.25, 0.3) is 0 Å². The molecule has 2 rings (SSSR count). The molecule has 0 spiro atoms. The van der Waals surface area contributed by atoms with Crippen molar-refractivity contribution >= 4 is 0 Å². The summed E-state index contributed by atoms with van der Waals surface area (Å²) in [5.41, 5.74) is 9.34. The number of rotatable bonds is 2. The van der Waals surface area contributed by atoms with Crippen molar-refractivity contribution in [3.8, 4) is 0 Å². The maximum atomic E-state index is 6.20. The van der Waals surface area contributed by atoms with Gasteiger partial charge in [-0.25, -0.2) is 0 Å². The standard InChI is InChI=1S/C15H24N2/c1-11(16)14(15(2,3)4)17-9-12-7-5-6-8-13(12)10-17/h5-8,11,14H,9-10,16H2,1-4H3. The summed E-state index contributed by atoms with van der Waals surface area (Å²) in [5, 5.41) is 0. The van der Waals surface area contributed by atoms with Gasteiger partial charge in [0.15, 0.2) is 0 Å². The Balaban J connectivity index is 2.21. The first-order chi connectivity index (χ1) is 7.89. The molecule has 0 bridgehead atoms. The summed E-state index contributed by atoms with van der Waals surface area (Å²) >= 11 is 0. The quantitative estimate of drug-likeness (QED) is 0.849. The predicted octanol–water partition coefficient (Wildman–Crippen LogP) is 2.76. The van der Waals surface area contributed by atoms with Gasteiger partial charge in [-0.05, 0) is 23.5 Å². The van der Waals surface area contributed by atoms with Crippen LogP contribution in [0.2, 0.25) is 0 Å². The topological polar surface area (TPSA) is 29.3 Å². The molecule has 0 radical (unpaired) electrons. The van der Waals surface area contributed by atoms with Gasteiger partial charge in [-0.15, -0.1) is 0 Å². The number of nitrogens with zero attached hydrogens (tertiary/aromatic N) is 1. The maximum Gasteiger partial charge on any atom is 0.0299 e. The van der Waals surface area contributed by atoms with E-state index >= 15 is 0 Å². The van der Waals surface area contributed by atoms with Crippen LogP contribution < -0.4 is 5.73 Å². The van der Waals surface area contributed by atoms with Gasteiger partial charge in [-0.3, -0.25) is 4.90 Å². The number of hydrogen-bond donors (Lipinski definition) is 1. The molecule has 0 amide bonds. The van der Waals surface area contributed by atoms with E-state index in [1.54, 1.807) is 0 Å². The van der Waals surface area contributed by atoms with Gasteiger partial charge in [0.05, 0.1) is 0 Å². The Morgan fingerprint density at radius 3 is 1.94 bits per heavy atom. The Morgan fingerprint density at radius 2 is 1.59 bits per heavy atom. The number of fused-ring (bicyclic) bond motifs is 1. The highest BCUT2D eigenvalue weighted by Crippen LogP contribution is 2.33. The third-order valence-electron chi connectivity index (χ3n) is 3.64. The van der Waals surface area contributed by atoms with Crippen molar-refractivity contribution in [2.45, 2.75) is 52.9 Å². The largest absolute Gasteiger partial charge is 0.327 e. The molecule has 1 heterocycles. The van der Waals surface area contributed by atoms with E-state index in [-0.39, 0.29) is 11.5 Å². The number of hydrogen-bond acceptors (Lipinski definition) is 2. The molecule has 0 fully saturated rings. The van der Waals surface area contributed by atoms with E-state index in [2.05, 4.69) is 56.9 Å². The minimum absolute atomic E-state index is 0.198. The molecule has 94 valence electrons. The summed E-state index contributed by atoms with van der Waals surface area (Å²) in [6.07, 6.45) is 0. The highest BCUT2D eigenvalue weighted by atomic mass is 15.2. The molecule has 2 N–H and O–H groups in total. The summed E-state index contributed by atoms with van der Waals surface area (Å²) in [6, 6.07) is 9.34. The van der Waals surface area contributed by atoms with Crippen molar-refractivity contribution in [3.63, 3.8) is 0 Å². The van der Waals surface area contributed by atoms with Crippen LogP contribution >= 0.6 is 0 Å². The Morgan fingerprint density at radius 1 is 1.12 bits per heavy atom. The van der Waals surface area contributed by atoms with Crippen molar-refractivity contribution in [2.24, 2.45) is 11.1 Å². The second-order valence-corrected chi connectivity index (χ2v) is 6.34. The van der Waals surface area contributed by atoms with Crippen LogP contribution in [0.1, 0.15) is 38.8 Å². The third kappa shape index (κ3) is 2.53. The van der Waals surface area contributed by atoms with Crippen molar-refractivity contribution < 1.29 is 0 Å². The minimum Gasteiger partial charge on any atom is -0.327 e. The molecule has 2 heteroatoms. The Labute approximate surface area is 105 Å². The lowest BCUT2D eigenvalue weighted by molar-refractivity contribution is 0.0797. The molecule has 0 saturated heterocycles. The average Bonchev–Trinajstić information content (AvgIpc) is 2.56. The Bertz CT molecular complexity index is 365. The molecule has 1 aromatic rings. The van der Waals surface area contributed by atoms with Gasteiger partial charge in [0, 0.05) is 25.2 Å². The van der Waals surface area contributed by atoms with Crippen LogP contribution in [-0.4, -0.2) is 17.0 Å². The first-order valence-corrected chi connectivity index (χ1v) is 6.46. The van der Waals surface area contributed by atoms with Crippen molar-refractivity contribution in [2.75, 3.05) is 0 Å². The van der Waals surface area contributed by atoms with Crippen LogP contribution in [0.5, 0.6) is 0 Å². The summed E-state index contributed by atoms with van der Waals surface area (Å²) in [6.45, 7) is 11.1. The van der Waals surface area contributed by atoms with Crippen molar-refractivity contribution in [1.82, 2.24) is 4.90 Å². The van der Waals surface area contributed by atoms with E-state index in [4.69, 9.17) is 5.73 Å². The average molecular weight is 232 g/mol. The van der Waals surface area contributed by atoms with E-state index in [0.29, 0.717) is 6.04 Å². The van der Waals surface area contributed by atoms with E-state index in [1.807, 2.05) is 0 Å². The zero-order valence-corrected chi connectivity index (χ0v) is 11.4. The van der Waals surface area contributed by atoms with Gasteiger partial charge < -0.3 is 5.73 Å². The normalized spacial score (nSPS) is 20.1. The van der Waals surface area contributed by atoms with Gasteiger partial charge in [-0.1, -0.05) is 45.0 Å². The zero-order chi connectivity index (χ0) is 12.6. The van der Waals surface area contributed by atoms with Crippen molar-refractivity contribution in [3.05, 3.63) is 35.4 Å². The van der Waals surface area contributed by atoms with Gasteiger partial charge >= 0.3 is 0 Å². The Kier molecular flexibility index (Phi) is 3.28. The lowest BCUT2D eigenvalue weighted by Crippen LogP contribution is -2.51. The van der Waals surface area contributed by atoms with Gasteiger partial charge in [-0.2, -0.15) is 0 Å². The molecule has 1 aliphatic heterocycles. The lowest BCUT2D eigenvalue weighted by atomic mass is 9.82. The molecule has 2 nitrogen and oxygen atoms in total. The fourth-order valence-electron chi connectivity index (χ4n) is 3.23. The molecule has 2 unspecified atom stereocenters. The lowest BCUT2D eigenvalue weighted by Gasteiger charge is -2.40. The molecule has 0 saturated carbocycles. The summed E-state index contributed by atoms with van der Waals surface area (Å²) in [5.74, 6) is 0. The second kappa shape index (κ2) is 4.43. The number of benzene rings is 1. The van der Waals surface area contributed by atoms with E-state index < -0.39 is 0 Å². The maximum absolute atomic E-state index is 6.20. The third-order valence-corrected chi connectivity index (χ3v) is 3.64. The fourth-order valence-corrected chi connectivity index (χ4v) is 3.23. The number of nitrogens with two attached hydrogens (primary N) is 1. The predicted molar refractivity (Wildman–Crippen MR) is 72.6 cm³/mol. The van der Waals surface area contributed by atoms with Gasteiger partial charge in [0.1, 0.15) is 0 Å². The van der Waals surface area contributed by atoms with Crippen LogP contribution in [0.3, 0.4) is 0 Å². The molecule has 1 aromatic carbocycles. The second-order valence-electron chi connectivity index (χ2n) is 6.34. The van der Waals surface area contributed by atoms with Crippen LogP contribution in [-0.2, 0) is 13.1 Å². The smallest absolute Gasteiger partial charge is 0.0299 e. The first kappa shape index (κ1) is 12.6. The minimum atomic E-state index is 0.198. The first-order valence-electron chi connectivity index (χ1n) is 6.46.